The van der Waals surface area contributed by atoms with Crippen molar-refractivity contribution < 1.29 is 18.7 Å². The summed E-state index contributed by atoms with van der Waals surface area (Å²) in [5, 5.41) is 6.69. The van der Waals surface area contributed by atoms with E-state index >= 15 is 0 Å². The van der Waals surface area contributed by atoms with E-state index in [2.05, 4.69) is 47.7 Å². The van der Waals surface area contributed by atoms with Crippen molar-refractivity contribution >= 4 is 49.9 Å². The molecule has 2 N–H and O–H groups in total. The number of nitrogens with one attached hydrogen (secondary N) is 2. The average molecular weight is 605 g/mol. The van der Waals surface area contributed by atoms with Crippen molar-refractivity contribution in [2.45, 2.75) is 26.5 Å². The van der Waals surface area contributed by atoms with Gasteiger partial charge in [0, 0.05) is 10.0 Å². The molecule has 0 aliphatic heterocycles. The van der Waals surface area contributed by atoms with E-state index in [-0.39, 0.29) is 11.5 Å². The molecule has 0 heterocycles. The minimum absolute atomic E-state index is 0.189. The van der Waals surface area contributed by atoms with Gasteiger partial charge in [0.15, 0.2) is 0 Å². The molecule has 0 bridgehead atoms. The summed E-state index contributed by atoms with van der Waals surface area (Å²) in [6, 6.07) is 17.6. The zero-order valence-corrected chi connectivity index (χ0v) is 22.3. The van der Waals surface area contributed by atoms with E-state index in [0.29, 0.717) is 12.4 Å². The molecule has 9 heteroatoms. The van der Waals surface area contributed by atoms with Crippen LogP contribution in [0.4, 0.5) is 4.39 Å². The highest BCUT2D eigenvalue weighted by Gasteiger charge is 2.24. The Morgan fingerprint density at radius 2 is 1.71 bits per heavy atom. The molecule has 1 atom stereocenters. The van der Waals surface area contributed by atoms with Gasteiger partial charge in [0.05, 0.1) is 10.7 Å². The first-order chi connectivity index (χ1) is 16.7. The number of benzene rings is 3. The molecule has 182 valence electrons. The lowest BCUT2D eigenvalue weighted by Gasteiger charge is -2.20. The van der Waals surface area contributed by atoms with Crippen LogP contribution in [0.5, 0.6) is 5.75 Å². The Bertz CT molecular complexity index is 1200. The summed E-state index contributed by atoms with van der Waals surface area (Å²) in [6.07, 6.45) is 1.50. The van der Waals surface area contributed by atoms with E-state index in [1.54, 1.807) is 0 Å². The number of carbonyl (C=O) groups excluding carboxylic acids is 2. The number of hydrogen-bond acceptors (Lipinski definition) is 4. The molecule has 0 saturated heterocycles. The molecule has 3 aromatic carbocycles. The third-order valence-corrected chi connectivity index (χ3v) is 6.14. The van der Waals surface area contributed by atoms with Crippen molar-refractivity contribution in [3.63, 3.8) is 0 Å². The lowest BCUT2D eigenvalue weighted by molar-refractivity contribution is -0.123. The maximum Gasteiger partial charge on any atom is 0.262 e. The summed E-state index contributed by atoms with van der Waals surface area (Å²) >= 11 is 6.91. The standard InChI is InChI=1S/C26H24Br2FN3O3/c1-16(2)24(31-25(33)19-6-10-21(29)11-7-19)26(34)32-30-14-18-5-12-23(22(28)13-18)35-15-17-3-8-20(27)9-4-17/h3-14,16,24H,15H2,1-2H3,(H,31,33)(H,32,34)/b30-14+. The van der Waals surface area contributed by atoms with Gasteiger partial charge in [-0.1, -0.05) is 41.9 Å². The minimum Gasteiger partial charge on any atom is -0.488 e. The molecule has 3 rings (SSSR count). The molecular weight excluding hydrogens is 581 g/mol. The van der Waals surface area contributed by atoms with Crippen LogP contribution >= 0.6 is 31.9 Å². The van der Waals surface area contributed by atoms with Crippen molar-refractivity contribution in [1.29, 1.82) is 0 Å². The van der Waals surface area contributed by atoms with Gasteiger partial charge in [0.2, 0.25) is 0 Å². The summed E-state index contributed by atoms with van der Waals surface area (Å²) in [7, 11) is 0. The van der Waals surface area contributed by atoms with Crippen molar-refractivity contribution in [2.24, 2.45) is 11.0 Å². The van der Waals surface area contributed by atoms with E-state index in [0.717, 1.165) is 20.1 Å². The van der Waals surface area contributed by atoms with Gasteiger partial charge in [0.1, 0.15) is 24.2 Å². The van der Waals surface area contributed by atoms with Gasteiger partial charge < -0.3 is 10.1 Å². The Labute approximate surface area is 220 Å². The molecular formula is C26H24Br2FN3O3. The maximum atomic E-state index is 13.1. The first kappa shape index (κ1) is 26.6. The molecule has 35 heavy (non-hydrogen) atoms. The molecule has 0 saturated carbocycles. The number of nitrogens with zero attached hydrogens (tertiary/aromatic N) is 1. The molecule has 0 aromatic heterocycles. The van der Waals surface area contributed by atoms with Crippen LogP contribution < -0.4 is 15.5 Å². The van der Waals surface area contributed by atoms with Crippen molar-refractivity contribution in [3.05, 3.63) is 98.2 Å². The molecule has 0 aliphatic rings. The number of ether oxygens (including phenoxy) is 1. The van der Waals surface area contributed by atoms with Gasteiger partial charge in [-0.2, -0.15) is 5.10 Å². The second-order valence-corrected chi connectivity index (χ2v) is 9.81. The fourth-order valence-corrected chi connectivity index (χ4v) is 3.83. The van der Waals surface area contributed by atoms with Crippen LogP contribution in [-0.4, -0.2) is 24.1 Å². The highest BCUT2D eigenvalue weighted by atomic mass is 79.9. The number of carbonyl (C=O) groups is 2. The molecule has 2 amide bonds. The summed E-state index contributed by atoms with van der Waals surface area (Å²) in [5.41, 5.74) is 4.52. The predicted molar refractivity (Wildman–Crippen MR) is 141 cm³/mol. The van der Waals surface area contributed by atoms with Gasteiger partial charge >= 0.3 is 0 Å². The number of rotatable bonds is 9. The highest BCUT2D eigenvalue weighted by Crippen LogP contribution is 2.26. The normalized spacial score (nSPS) is 11.9. The van der Waals surface area contributed by atoms with Gasteiger partial charge in [0.25, 0.3) is 11.8 Å². The Kier molecular flexibility index (Phi) is 9.56. The Hall–Kier alpha value is -3.04. The third-order valence-electron chi connectivity index (χ3n) is 4.99. The summed E-state index contributed by atoms with van der Waals surface area (Å²) in [5.74, 6) is -0.876. The smallest absolute Gasteiger partial charge is 0.262 e. The van der Waals surface area contributed by atoms with Crippen LogP contribution in [0.15, 0.2) is 80.8 Å². The monoisotopic (exact) mass is 603 g/mol. The van der Waals surface area contributed by atoms with E-state index < -0.39 is 23.7 Å². The number of hydrogen-bond donors (Lipinski definition) is 2. The SMILES string of the molecule is CC(C)C(NC(=O)c1ccc(F)cc1)C(=O)N/N=C/c1ccc(OCc2ccc(Br)cc2)c(Br)c1. The van der Waals surface area contributed by atoms with E-state index in [1.807, 2.05) is 56.3 Å². The lowest BCUT2D eigenvalue weighted by atomic mass is 10.0. The molecule has 3 aromatic rings. The van der Waals surface area contributed by atoms with E-state index in [4.69, 9.17) is 4.74 Å². The maximum absolute atomic E-state index is 13.1. The largest absolute Gasteiger partial charge is 0.488 e. The quantitative estimate of drug-likeness (QED) is 0.238. The van der Waals surface area contributed by atoms with Crippen LogP contribution in [0.2, 0.25) is 0 Å². The fraction of sp³-hybridized carbons (Fsp3) is 0.192. The van der Waals surface area contributed by atoms with Crippen LogP contribution in [0, 0.1) is 11.7 Å². The van der Waals surface area contributed by atoms with Crippen LogP contribution in [-0.2, 0) is 11.4 Å². The topological polar surface area (TPSA) is 79.8 Å². The lowest BCUT2D eigenvalue weighted by Crippen LogP contribution is -2.48. The molecule has 0 radical (unpaired) electrons. The highest BCUT2D eigenvalue weighted by molar-refractivity contribution is 9.10. The van der Waals surface area contributed by atoms with E-state index in [1.165, 1.54) is 30.5 Å². The van der Waals surface area contributed by atoms with Gasteiger partial charge in [-0.15, -0.1) is 0 Å². The summed E-state index contributed by atoms with van der Waals surface area (Å²) < 4.78 is 20.7. The molecule has 0 fully saturated rings. The fourth-order valence-electron chi connectivity index (χ4n) is 3.06. The Morgan fingerprint density at radius 1 is 1.03 bits per heavy atom. The summed E-state index contributed by atoms with van der Waals surface area (Å²) in [4.78, 5) is 25.1. The first-order valence-corrected chi connectivity index (χ1v) is 12.4. The third kappa shape index (κ3) is 8.00. The van der Waals surface area contributed by atoms with Gasteiger partial charge in [-0.05, 0) is 87.6 Å². The zero-order chi connectivity index (χ0) is 25.4. The predicted octanol–water partition coefficient (Wildman–Crippen LogP) is 5.83. The van der Waals surface area contributed by atoms with Crippen molar-refractivity contribution in [2.75, 3.05) is 0 Å². The Morgan fingerprint density at radius 3 is 2.34 bits per heavy atom. The second-order valence-electron chi connectivity index (χ2n) is 8.04. The van der Waals surface area contributed by atoms with Crippen LogP contribution in [0.1, 0.15) is 35.3 Å². The average Bonchev–Trinajstić information content (AvgIpc) is 2.83. The van der Waals surface area contributed by atoms with Crippen LogP contribution in [0.25, 0.3) is 0 Å². The molecule has 0 spiro atoms. The van der Waals surface area contributed by atoms with Gasteiger partial charge in [-0.25, -0.2) is 9.82 Å². The van der Waals surface area contributed by atoms with Gasteiger partial charge in [-0.3, -0.25) is 9.59 Å². The van der Waals surface area contributed by atoms with Crippen LogP contribution in [0.3, 0.4) is 0 Å². The molecule has 1 unspecified atom stereocenters. The second kappa shape index (κ2) is 12.6. The summed E-state index contributed by atoms with van der Waals surface area (Å²) in [6.45, 7) is 4.04. The van der Waals surface area contributed by atoms with E-state index in [9.17, 15) is 14.0 Å². The number of halogens is 3. The Balaban J connectivity index is 1.56. The minimum atomic E-state index is -0.814. The van der Waals surface area contributed by atoms with Crippen molar-refractivity contribution in [3.8, 4) is 5.75 Å². The van der Waals surface area contributed by atoms with Crippen molar-refractivity contribution in [1.82, 2.24) is 10.7 Å². The zero-order valence-electron chi connectivity index (χ0n) is 19.1. The first-order valence-electron chi connectivity index (χ1n) is 10.8. The number of amides is 2. The molecule has 0 aliphatic carbocycles. The number of hydrazone groups is 1. The molecule has 6 nitrogen and oxygen atoms in total.